The van der Waals surface area contributed by atoms with Gasteiger partial charge in [0.2, 0.25) is 15.9 Å². The summed E-state index contributed by atoms with van der Waals surface area (Å²) in [7, 11) is -3.52. The summed E-state index contributed by atoms with van der Waals surface area (Å²) in [6, 6.07) is 16.2. The van der Waals surface area contributed by atoms with Gasteiger partial charge in [-0.3, -0.25) is 4.79 Å². The quantitative estimate of drug-likeness (QED) is 0.551. The van der Waals surface area contributed by atoms with Crippen LogP contribution in [0.4, 0.5) is 5.69 Å². The number of nitrogens with zero attached hydrogens (tertiary/aromatic N) is 4. The Hall–Kier alpha value is -3.01. The lowest BCUT2D eigenvalue weighted by molar-refractivity contribution is -0.116. The number of rotatable bonds is 8. The first-order valence-electron chi connectivity index (χ1n) is 11.2. The molecule has 2 aromatic carbocycles. The summed E-state index contributed by atoms with van der Waals surface area (Å²) in [5.74, 6) is -0.131. The second-order valence-electron chi connectivity index (χ2n) is 8.04. The summed E-state index contributed by atoms with van der Waals surface area (Å²) in [5.41, 5.74) is 2.52. The fourth-order valence-electron chi connectivity index (χ4n) is 3.84. The molecule has 9 heteroatoms. The smallest absolute Gasteiger partial charge is 0.243 e. The number of carbonyl (C=O) groups excluding carboxylic acids is 1. The number of hydrogen-bond donors (Lipinski definition) is 1. The second kappa shape index (κ2) is 10.3. The molecule has 8 nitrogen and oxygen atoms in total. The minimum atomic E-state index is -3.52. The molecule has 1 fully saturated rings. The van der Waals surface area contributed by atoms with E-state index in [2.05, 4.69) is 22.2 Å². The third-order valence-electron chi connectivity index (χ3n) is 5.85. The highest BCUT2D eigenvalue weighted by atomic mass is 32.2. The Balaban J connectivity index is 1.30. The molecule has 3 aromatic rings. The van der Waals surface area contributed by atoms with Crippen LogP contribution in [0.25, 0.3) is 5.69 Å². The average molecular weight is 468 g/mol. The summed E-state index contributed by atoms with van der Waals surface area (Å²) in [6.45, 7) is 5.49. The highest BCUT2D eigenvalue weighted by Gasteiger charge is 2.27. The predicted molar refractivity (Wildman–Crippen MR) is 128 cm³/mol. The molecule has 1 amide bonds. The molecule has 0 saturated carbocycles. The Morgan fingerprint density at radius 3 is 2.36 bits per heavy atom. The van der Waals surface area contributed by atoms with Crippen molar-refractivity contribution in [2.75, 3.05) is 38.0 Å². The van der Waals surface area contributed by atoms with Crippen molar-refractivity contribution in [2.45, 2.75) is 24.7 Å². The Labute approximate surface area is 194 Å². The minimum Gasteiger partial charge on any atom is -0.326 e. The van der Waals surface area contributed by atoms with Crippen LogP contribution < -0.4 is 5.32 Å². The van der Waals surface area contributed by atoms with Crippen molar-refractivity contribution < 1.29 is 13.2 Å². The van der Waals surface area contributed by atoms with E-state index in [1.807, 2.05) is 36.5 Å². The number of likely N-dealkylation sites (N-methyl/N-ethyl adjacent to an activating group) is 1. The van der Waals surface area contributed by atoms with Gasteiger partial charge in [0.1, 0.15) is 0 Å². The van der Waals surface area contributed by atoms with Gasteiger partial charge >= 0.3 is 0 Å². The average Bonchev–Trinajstić information content (AvgIpc) is 3.33. The standard InChI is InChI=1S/C24H29N5O3S/c1-2-27-14-16-28(17-15-27)33(31,32)23-11-9-21(10-12-23)26-24(30)13-8-20-18-25-29(19-20)22-6-4-3-5-7-22/h3-7,9-12,18-19H,2,8,13-17H2,1H3,(H,26,30). The van der Waals surface area contributed by atoms with Gasteiger partial charge in [0.15, 0.2) is 0 Å². The van der Waals surface area contributed by atoms with E-state index < -0.39 is 10.0 Å². The molecule has 33 heavy (non-hydrogen) atoms. The van der Waals surface area contributed by atoms with Crippen LogP contribution in [0.5, 0.6) is 0 Å². The monoisotopic (exact) mass is 467 g/mol. The number of aromatic nitrogens is 2. The van der Waals surface area contributed by atoms with Crippen molar-refractivity contribution in [1.29, 1.82) is 0 Å². The first-order chi connectivity index (χ1) is 16.0. The normalized spacial score (nSPS) is 15.4. The predicted octanol–water partition coefficient (Wildman–Crippen LogP) is 2.77. The van der Waals surface area contributed by atoms with Gasteiger partial charge in [-0.25, -0.2) is 13.1 Å². The zero-order valence-corrected chi connectivity index (χ0v) is 19.5. The number of hydrogen-bond acceptors (Lipinski definition) is 5. The lowest BCUT2D eigenvalue weighted by atomic mass is 10.2. The largest absolute Gasteiger partial charge is 0.326 e. The third kappa shape index (κ3) is 5.68. The van der Waals surface area contributed by atoms with E-state index >= 15 is 0 Å². The summed E-state index contributed by atoms with van der Waals surface area (Å²) >= 11 is 0. The molecule has 0 spiro atoms. The van der Waals surface area contributed by atoms with Crippen LogP contribution in [-0.4, -0.2) is 66.0 Å². The maximum Gasteiger partial charge on any atom is 0.243 e. The molecular weight excluding hydrogens is 438 g/mol. The number of carbonyl (C=O) groups is 1. The van der Waals surface area contributed by atoms with Gasteiger partial charge in [-0.2, -0.15) is 9.40 Å². The molecule has 1 saturated heterocycles. The number of para-hydroxylation sites is 1. The van der Waals surface area contributed by atoms with Crippen molar-refractivity contribution in [3.05, 3.63) is 72.6 Å². The van der Waals surface area contributed by atoms with Crippen molar-refractivity contribution >= 4 is 21.6 Å². The highest BCUT2D eigenvalue weighted by Crippen LogP contribution is 2.20. The topological polar surface area (TPSA) is 87.5 Å². The molecule has 1 N–H and O–H groups in total. The van der Waals surface area contributed by atoms with Gasteiger partial charge in [-0.15, -0.1) is 0 Å². The van der Waals surface area contributed by atoms with E-state index in [0.717, 1.165) is 30.9 Å². The van der Waals surface area contributed by atoms with Crippen LogP contribution in [0.1, 0.15) is 18.9 Å². The Morgan fingerprint density at radius 1 is 1.00 bits per heavy atom. The van der Waals surface area contributed by atoms with Gasteiger partial charge in [0.25, 0.3) is 0 Å². The molecule has 0 unspecified atom stereocenters. The lowest BCUT2D eigenvalue weighted by Gasteiger charge is -2.33. The van der Waals surface area contributed by atoms with E-state index in [1.54, 1.807) is 35.1 Å². The maximum absolute atomic E-state index is 12.9. The van der Waals surface area contributed by atoms with Gasteiger partial charge in [0.05, 0.1) is 16.8 Å². The summed E-state index contributed by atoms with van der Waals surface area (Å²) in [4.78, 5) is 14.9. The minimum absolute atomic E-state index is 0.131. The van der Waals surface area contributed by atoms with Crippen molar-refractivity contribution in [2.24, 2.45) is 0 Å². The highest BCUT2D eigenvalue weighted by molar-refractivity contribution is 7.89. The third-order valence-corrected chi connectivity index (χ3v) is 7.76. The molecule has 2 heterocycles. The van der Waals surface area contributed by atoms with Crippen LogP contribution in [0.2, 0.25) is 0 Å². The van der Waals surface area contributed by atoms with E-state index in [-0.39, 0.29) is 10.8 Å². The Bertz CT molecular complexity index is 1170. The van der Waals surface area contributed by atoms with Crippen LogP contribution in [0.3, 0.4) is 0 Å². The van der Waals surface area contributed by atoms with E-state index in [0.29, 0.717) is 31.6 Å². The van der Waals surface area contributed by atoms with Crippen LogP contribution in [0, 0.1) is 0 Å². The molecule has 1 aliphatic rings. The van der Waals surface area contributed by atoms with Crippen molar-refractivity contribution in [3.63, 3.8) is 0 Å². The summed E-state index contributed by atoms with van der Waals surface area (Å²) < 4.78 is 29.1. The maximum atomic E-state index is 12.9. The van der Waals surface area contributed by atoms with E-state index in [1.165, 1.54) is 4.31 Å². The zero-order chi connectivity index (χ0) is 23.3. The number of amides is 1. The van der Waals surface area contributed by atoms with Gasteiger partial charge < -0.3 is 10.2 Å². The lowest BCUT2D eigenvalue weighted by Crippen LogP contribution is -2.48. The van der Waals surface area contributed by atoms with Crippen molar-refractivity contribution in [3.8, 4) is 5.69 Å². The first-order valence-corrected chi connectivity index (χ1v) is 12.6. The summed E-state index contributed by atoms with van der Waals surface area (Å²) in [5, 5.41) is 7.19. The van der Waals surface area contributed by atoms with Crippen molar-refractivity contribution in [1.82, 2.24) is 19.0 Å². The molecule has 0 radical (unpaired) electrons. The number of sulfonamides is 1. The molecule has 0 aliphatic carbocycles. The number of anilines is 1. The summed E-state index contributed by atoms with van der Waals surface area (Å²) in [6.07, 6.45) is 4.56. The van der Waals surface area contributed by atoms with E-state index in [4.69, 9.17) is 0 Å². The molecule has 0 bridgehead atoms. The van der Waals surface area contributed by atoms with Gasteiger partial charge in [-0.1, -0.05) is 25.1 Å². The molecule has 1 aliphatic heterocycles. The fourth-order valence-corrected chi connectivity index (χ4v) is 5.26. The molecule has 0 atom stereocenters. The number of nitrogens with one attached hydrogen (secondary N) is 1. The van der Waals surface area contributed by atoms with Crippen LogP contribution in [-0.2, 0) is 21.2 Å². The van der Waals surface area contributed by atoms with Crippen LogP contribution in [0.15, 0.2) is 71.9 Å². The first kappa shape index (κ1) is 23.2. The molecule has 1 aromatic heterocycles. The van der Waals surface area contributed by atoms with E-state index in [9.17, 15) is 13.2 Å². The Kier molecular flexibility index (Phi) is 7.22. The molecule has 174 valence electrons. The number of aryl methyl sites for hydroxylation is 1. The zero-order valence-electron chi connectivity index (χ0n) is 18.7. The fraction of sp³-hybridized carbons (Fsp3) is 0.333. The van der Waals surface area contributed by atoms with Crippen LogP contribution >= 0.6 is 0 Å². The number of benzene rings is 2. The SMILES string of the molecule is CCN1CCN(S(=O)(=O)c2ccc(NC(=O)CCc3cnn(-c4ccccc4)c3)cc2)CC1. The van der Waals surface area contributed by atoms with Gasteiger partial charge in [0, 0.05) is 44.5 Å². The molecular formula is C24H29N5O3S. The van der Waals surface area contributed by atoms with Gasteiger partial charge in [-0.05, 0) is 54.9 Å². The molecule has 4 rings (SSSR count). The Morgan fingerprint density at radius 2 is 1.70 bits per heavy atom. The second-order valence-corrected chi connectivity index (χ2v) is 9.98. The number of piperazine rings is 1.